The highest BCUT2D eigenvalue weighted by Gasteiger charge is 2.45. The first-order valence-corrected chi connectivity index (χ1v) is 11.5. The number of rotatable bonds is 3. The van der Waals surface area contributed by atoms with Crippen molar-refractivity contribution < 1.29 is 14.4 Å². The summed E-state index contributed by atoms with van der Waals surface area (Å²) in [4.78, 5) is 43.6. The van der Waals surface area contributed by atoms with Crippen molar-refractivity contribution in [2.24, 2.45) is 17.8 Å². The molecule has 4 amide bonds. The molecule has 4 fully saturated rings. The number of fused-ring (bicyclic) bond motifs is 4. The standard InChI is InChI=1S/C22H36N4O3/c1-15(2)10-20(27)23-18-6-8-24(9-7-18)22(29)25-12-16-11-17(14-25)19-4-3-5-21(28)26(19)13-16/h15-19H,3-14H2,1-2H3,(H,23,27)/t16-,17-,19-/m1/s1. The van der Waals surface area contributed by atoms with Crippen molar-refractivity contribution in [1.29, 1.82) is 0 Å². The summed E-state index contributed by atoms with van der Waals surface area (Å²) in [5.74, 6) is 1.66. The van der Waals surface area contributed by atoms with E-state index in [1.807, 2.05) is 9.80 Å². The molecule has 162 valence electrons. The first-order valence-electron chi connectivity index (χ1n) is 11.5. The van der Waals surface area contributed by atoms with E-state index in [0.717, 1.165) is 51.7 Å². The van der Waals surface area contributed by atoms with Gasteiger partial charge in [-0.05, 0) is 49.9 Å². The van der Waals surface area contributed by atoms with Gasteiger partial charge in [-0.2, -0.15) is 0 Å². The average molecular weight is 405 g/mol. The summed E-state index contributed by atoms with van der Waals surface area (Å²) in [5.41, 5.74) is 0. The van der Waals surface area contributed by atoms with Crippen molar-refractivity contribution in [2.75, 3.05) is 32.7 Å². The lowest BCUT2D eigenvalue weighted by Crippen LogP contribution is -2.62. The smallest absolute Gasteiger partial charge is 0.320 e. The SMILES string of the molecule is CC(C)CC(=O)NC1CCN(C(=O)N2C[C@H]3C[C@H](C2)[C@H]2CCCC(=O)N2C3)CC1. The molecule has 0 spiro atoms. The van der Waals surface area contributed by atoms with Gasteiger partial charge in [-0.1, -0.05) is 13.8 Å². The van der Waals surface area contributed by atoms with E-state index in [4.69, 9.17) is 0 Å². The molecule has 3 atom stereocenters. The molecule has 4 aliphatic heterocycles. The van der Waals surface area contributed by atoms with Crippen LogP contribution in [0.2, 0.25) is 0 Å². The minimum atomic E-state index is 0.125. The fourth-order valence-corrected chi connectivity index (χ4v) is 5.84. The molecule has 7 heteroatoms. The van der Waals surface area contributed by atoms with E-state index < -0.39 is 0 Å². The predicted molar refractivity (Wildman–Crippen MR) is 110 cm³/mol. The molecule has 7 nitrogen and oxygen atoms in total. The molecule has 1 N–H and O–H groups in total. The molecular formula is C22H36N4O3. The number of urea groups is 1. The van der Waals surface area contributed by atoms with E-state index in [-0.39, 0.29) is 18.0 Å². The predicted octanol–water partition coefficient (Wildman–Crippen LogP) is 2.07. The zero-order valence-electron chi connectivity index (χ0n) is 17.9. The summed E-state index contributed by atoms with van der Waals surface area (Å²) in [5, 5.41) is 3.13. The summed E-state index contributed by atoms with van der Waals surface area (Å²) in [7, 11) is 0. The molecule has 4 aliphatic rings. The Kier molecular flexibility index (Phi) is 6.02. The normalized spacial score (nSPS) is 30.4. The summed E-state index contributed by atoms with van der Waals surface area (Å²) < 4.78 is 0. The number of likely N-dealkylation sites (tertiary alicyclic amines) is 2. The largest absolute Gasteiger partial charge is 0.353 e. The van der Waals surface area contributed by atoms with Gasteiger partial charge in [0.05, 0.1) is 0 Å². The fourth-order valence-electron chi connectivity index (χ4n) is 5.84. The molecule has 4 saturated heterocycles. The number of hydrogen-bond acceptors (Lipinski definition) is 3. The lowest BCUT2D eigenvalue weighted by atomic mass is 9.76. The number of amides is 4. The van der Waals surface area contributed by atoms with Crippen LogP contribution < -0.4 is 5.32 Å². The van der Waals surface area contributed by atoms with E-state index in [9.17, 15) is 14.4 Å². The Morgan fingerprint density at radius 1 is 1.07 bits per heavy atom. The monoisotopic (exact) mass is 404 g/mol. The maximum Gasteiger partial charge on any atom is 0.320 e. The lowest BCUT2D eigenvalue weighted by Gasteiger charge is -2.53. The Morgan fingerprint density at radius 3 is 2.55 bits per heavy atom. The van der Waals surface area contributed by atoms with Gasteiger partial charge in [-0.15, -0.1) is 0 Å². The molecular weight excluding hydrogens is 368 g/mol. The molecule has 0 aromatic heterocycles. The van der Waals surface area contributed by atoms with Gasteiger partial charge >= 0.3 is 6.03 Å². The van der Waals surface area contributed by atoms with Gasteiger partial charge in [0, 0.05) is 57.6 Å². The summed E-state index contributed by atoms with van der Waals surface area (Å²) in [6, 6.07) is 0.681. The van der Waals surface area contributed by atoms with Crippen LogP contribution in [0.25, 0.3) is 0 Å². The number of hydrogen-bond donors (Lipinski definition) is 1. The highest BCUT2D eigenvalue weighted by atomic mass is 16.2. The average Bonchev–Trinajstić information content (AvgIpc) is 2.68. The Morgan fingerprint density at radius 2 is 1.83 bits per heavy atom. The Bertz CT molecular complexity index is 644. The van der Waals surface area contributed by atoms with Gasteiger partial charge in [0.1, 0.15) is 0 Å². The molecule has 0 radical (unpaired) electrons. The maximum absolute atomic E-state index is 13.2. The van der Waals surface area contributed by atoms with Gasteiger partial charge < -0.3 is 20.0 Å². The molecule has 2 bridgehead atoms. The van der Waals surface area contributed by atoms with Gasteiger partial charge in [0.25, 0.3) is 0 Å². The third kappa shape index (κ3) is 4.53. The number of carbonyl (C=O) groups is 3. The third-order valence-electron chi connectivity index (χ3n) is 7.17. The van der Waals surface area contributed by atoms with Crippen LogP contribution in [0.5, 0.6) is 0 Å². The van der Waals surface area contributed by atoms with E-state index in [1.54, 1.807) is 0 Å². The van der Waals surface area contributed by atoms with Crippen LogP contribution in [-0.2, 0) is 9.59 Å². The van der Waals surface area contributed by atoms with E-state index in [0.29, 0.717) is 55.6 Å². The number of nitrogens with one attached hydrogen (secondary N) is 1. The van der Waals surface area contributed by atoms with Crippen molar-refractivity contribution >= 4 is 17.8 Å². The van der Waals surface area contributed by atoms with Crippen LogP contribution in [-0.4, -0.2) is 77.4 Å². The van der Waals surface area contributed by atoms with Crippen LogP contribution in [0.3, 0.4) is 0 Å². The van der Waals surface area contributed by atoms with Crippen LogP contribution in [0.1, 0.15) is 58.8 Å². The summed E-state index contributed by atoms with van der Waals surface area (Å²) in [6.45, 7) is 7.92. The van der Waals surface area contributed by atoms with E-state index >= 15 is 0 Å². The number of piperidine rings is 4. The van der Waals surface area contributed by atoms with Crippen molar-refractivity contribution in [1.82, 2.24) is 20.0 Å². The molecule has 0 aromatic carbocycles. The second-order valence-electron chi connectivity index (χ2n) is 9.98. The summed E-state index contributed by atoms with van der Waals surface area (Å²) >= 11 is 0. The second-order valence-corrected chi connectivity index (χ2v) is 9.98. The first kappa shape index (κ1) is 20.5. The molecule has 4 rings (SSSR count). The lowest BCUT2D eigenvalue weighted by molar-refractivity contribution is -0.144. The Balaban J connectivity index is 1.29. The van der Waals surface area contributed by atoms with E-state index in [2.05, 4.69) is 24.1 Å². The van der Waals surface area contributed by atoms with Crippen molar-refractivity contribution in [3.8, 4) is 0 Å². The minimum absolute atomic E-state index is 0.125. The Hall–Kier alpha value is -1.79. The Labute approximate surface area is 174 Å². The number of nitrogens with zero attached hydrogens (tertiary/aromatic N) is 3. The topological polar surface area (TPSA) is 73.0 Å². The molecule has 0 saturated carbocycles. The van der Waals surface area contributed by atoms with Crippen LogP contribution in [0.4, 0.5) is 4.79 Å². The fraction of sp³-hybridized carbons (Fsp3) is 0.864. The first-order chi connectivity index (χ1) is 13.9. The zero-order chi connectivity index (χ0) is 20.5. The molecule has 0 aromatic rings. The molecule has 4 heterocycles. The van der Waals surface area contributed by atoms with Crippen molar-refractivity contribution in [3.63, 3.8) is 0 Å². The van der Waals surface area contributed by atoms with Gasteiger partial charge in [-0.3, -0.25) is 9.59 Å². The van der Waals surface area contributed by atoms with Gasteiger partial charge in [0.15, 0.2) is 0 Å². The quantitative estimate of drug-likeness (QED) is 0.783. The maximum atomic E-state index is 13.2. The van der Waals surface area contributed by atoms with Gasteiger partial charge in [-0.25, -0.2) is 4.79 Å². The second kappa shape index (κ2) is 8.52. The minimum Gasteiger partial charge on any atom is -0.353 e. The van der Waals surface area contributed by atoms with Gasteiger partial charge in [0.2, 0.25) is 11.8 Å². The summed E-state index contributed by atoms with van der Waals surface area (Å²) in [6.07, 6.45) is 6.17. The van der Waals surface area contributed by atoms with Crippen LogP contribution in [0.15, 0.2) is 0 Å². The third-order valence-corrected chi connectivity index (χ3v) is 7.17. The zero-order valence-corrected chi connectivity index (χ0v) is 17.9. The molecule has 0 aliphatic carbocycles. The highest BCUT2D eigenvalue weighted by molar-refractivity contribution is 5.78. The molecule has 29 heavy (non-hydrogen) atoms. The highest BCUT2D eigenvalue weighted by Crippen LogP contribution is 2.38. The number of carbonyl (C=O) groups excluding carboxylic acids is 3. The van der Waals surface area contributed by atoms with Crippen LogP contribution in [0, 0.1) is 17.8 Å². The van der Waals surface area contributed by atoms with E-state index in [1.165, 1.54) is 0 Å². The molecule has 0 unspecified atom stereocenters. The van der Waals surface area contributed by atoms with Crippen LogP contribution >= 0.6 is 0 Å². The van der Waals surface area contributed by atoms with Crippen molar-refractivity contribution in [2.45, 2.75) is 70.9 Å². The van der Waals surface area contributed by atoms with Crippen molar-refractivity contribution in [3.05, 3.63) is 0 Å².